The number of ketones is 1. The van der Waals surface area contributed by atoms with Crippen molar-refractivity contribution in [1.29, 1.82) is 0 Å². The highest BCUT2D eigenvalue weighted by Crippen LogP contribution is 2.31. The third-order valence-corrected chi connectivity index (χ3v) is 3.18. The molecule has 0 aliphatic carbocycles. The highest BCUT2D eigenvalue weighted by molar-refractivity contribution is 6.34. The predicted molar refractivity (Wildman–Crippen MR) is 78.4 cm³/mol. The molecule has 0 amide bonds. The molecule has 3 rings (SSSR count). The molecule has 1 aromatic carbocycles. The minimum Gasteiger partial charge on any atom is -0.358 e. The fourth-order valence-electron chi connectivity index (χ4n) is 2.08. The summed E-state index contributed by atoms with van der Waals surface area (Å²) < 4.78 is 15.7. The van der Waals surface area contributed by atoms with Gasteiger partial charge in [-0.3, -0.25) is 14.4 Å². The van der Waals surface area contributed by atoms with Crippen LogP contribution in [0.3, 0.4) is 0 Å². The van der Waals surface area contributed by atoms with E-state index >= 15 is 0 Å². The number of carbonyl (C=O) groups excluding carboxylic acids is 2. The van der Waals surface area contributed by atoms with E-state index in [1.54, 1.807) is 0 Å². The standard InChI is InChI=1S/C15H10FN3O3/c16-10-5-12-11(17-7-13(18-12)15(22)8-20)6-14(10)19-3-1-9(21)2-4-19/h1-8,17-18H. The Balaban J connectivity index is 2.01. The average molecular weight is 299 g/mol. The van der Waals surface area contributed by atoms with Crippen molar-refractivity contribution < 1.29 is 14.0 Å². The number of anilines is 2. The van der Waals surface area contributed by atoms with E-state index in [0.717, 1.165) is 0 Å². The molecule has 0 bridgehead atoms. The first-order valence-electron chi connectivity index (χ1n) is 6.34. The van der Waals surface area contributed by atoms with Gasteiger partial charge in [0, 0.05) is 36.8 Å². The Morgan fingerprint density at radius 1 is 1.18 bits per heavy atom. The van der Waals surface area contributed by atoms with Crippen molar-refractivity contribution in [3.05, 3.63) is 64.6 Å². The zero-order valence-electron chi connectivity index (χ0n) is 11.2. The monoisotopic (exact) mass is 299 g/mol. The van der Waals surface area contributed by atoms with Crippen LogP contribution in [-0.4, -0.2) is 16.6 Å². The molecule has 0 saturated carbocycles. The van der Waals surface area contributed by atoms with E-state index in [1.165, 1.54) is 47.4 Å². The van der Waals surface area contributed by atoms with Gasteiger partial charge >= 0.3 is 0 Å². The minimum atomic E-state index is -0.733. The Hall–Kier alpha value is -3.22. The fourth-order valence-corrected chi connectivity index (χ4v) is 2.08. The molecule has 22 heavy (non-hydrogen) atoms. The number of hydrogen-bond acceptors (Lipinski definition) is 5. The molecule has 1 aliphatic heterocycles. The molecule has 1 aliphatic rings. The summed E-state index contributed by atoms with van der Waals surface area (Å²) in [5.41, 5.74) is 0.992. The van der Waals surface area contributed by atoms with E-state index in [-0.39, 0.29) is 23.1 Å². The van der Waals surface area contributed by atoms with Crippen molar-refractivity contribution in [2.24, 2.45) is 0 Å². The number of nitrogens with zero attached hydrogens (tertiary/aromatic N) is 1. The zero-order chi connectivity index (χ0) is 15.7. The third-order valence-electron chi connectivity index (χ3n) is 3.18. The van der Waals surface area contributed by atoms with Crippen LogP contribution in [0.4, 0.5) is 15.8 Å². The number of hydrogen-bond donors (Lipinski definition) is 2. The number of rotatable bonds is 3. The lowest BCUT2D eigenvalue weighted by molar-refractivity contribution is -0.127. The summed E-state index contributed by atoms with van der Waals surface area (Å²) in [5.74, 6) is -1.28. The van der Waals surface area contributed by atoms with E-state index in [4.69, 9.17) is 0 Å². The third kappa shape index (κ3) is 2.39. The number of pyridine rings is 1. The molecular weight excluding hydrogens is 289 g/mol. The van der Waals surface area contributed by atoms with Gasteiger partial charge in [0.1, 0.15) is 11.5 Å². The number of fused-ring (bicyclic) bond motifs is 1. The van der Waals surface area contributed by atoms with Crippen molar-refractivity contribution in [3.8, 4) is 5.69 Å². The molecule has 0 atom stereocenters. The average Bonchev–Trinajstić information content (AvgIpc) is 2.54. The van der Waals surface area contributed by atoms with Gasteiger partial charge < -0.3 is 15.2 Å². The van der Waals surface area contributed by atoms with Crippen LogP contribution in [0.25, 0.3) is 5.69 Å². The van der Waals surface area contributed by atoms with E-state index in [2.05, 4.69) is 10.6 Å². The van der Waals surface area contributed by atoms with Crippen LogP contribution < -0.4 is 16.1 Å². The minimum absolute atomic E-state index is 0.0398. The first kappa shape index (κ1) is 13.7. The van der Waals surface area contributed by atoms with Crippen LogP contribution in [0.15, 0.2) is 53.4 Å². The van der Waals surface area contributed by atoms with Gasteiger partial charge in [0.05, 0.1) is 17.1 Å². The van der Waals surface area contributed by atoms with E-state index in [1.807, 2.05) is 0 Å². The summed E-state index contributed by atoms with van der Waals surface area (Å²) in [6, 6.07) is 5.39. The van der Waals surface area contributed by atoms with Crippen molar-refractivity contribution in [2.45, 2.75) is 0 Å². The molecule has 1 aromatic heterocycles. The second-order valence-corrected chi connectivity index (χ2v) is 4.60. The van der Waals surface area contributed by atoms with Gasteiger partial charge in [-0.1, -0.05) is 0 Å². The van der Waals surface area contributed by atoms with E-state index < -0.39 is 11.6 Å². The molecule has 0 spiro atoms. The quantitative estimate of drug-likeness (QED) is 0.662. The van der Waals surface area contributed by atoms with Crippen molar-refractivity contribution in [2.75, 3.05) is 10.6 Å². The molecule has 0 saturated heterocycles. The Bertz CT molecular complexity index is 850. The SMILES string of the molecule is O=CC(=O)C1=CNc2cc(-n3ccc(=O)cc3)c(F)cc2N1. The van der Waals surface area contributed by atoms with Crippen LogP contribution in [0.2, 0.25) is 0 Å². The van der Waals surface area contributed by atoms with Crippen LogP contribution >= 0.6 is 0 Å². The van der Waals surface area contributed by atoms with E-state index in [0.29, 0.717) is 11.4 Å². The van der Waals surface area contributed by atoms with Crippen LogP contribution in [-0.2, 0) is 9.59 Å². The lowest BCUT2D eigenvalue weighted by Crippen LogP contribution is -2.19. The lowest BCUT2D eigenvalue weighted by atomic mass is 10.1. The zero-order valence-corrected chi connectivity index (χ0v) is 11.2. The predicted octanol–water partition coefficient (Wildman–Crippen LogP) is 1.42. The number of benzene rings is 1. The Labute approximate surface area is 123 Å². The molecule has 6 nitrogen and oxygen atoms in total. The fraction of sp³-hybridized carbons (Fsp3) is 0. The van der Waals surface area contributed by atoms with Crippen molar-refractivity contribution >= 4 is 23.4 Å². The Morgan fingerprint density at radius 2 is 1.91 bits per heavy atom. The molecule has 7 heteroatoms. The molecule has 0 unspecified atom stereocenters. The summed E-state index contributed by atoms with van der Waals surface area (Å²) in [5, 5.41) is 5.53. The number of allylic oxidation sites excluding steroid dienone is 1. The first-order valence-corrected chi connectivity index (χ1v) is 6.34. The van der Waals surface area contributed by atoms with Gasteiger partial charge in [-0.2, -0.15) is 0 Å². The number of Topliss-reactive ketones (excluding diaryl/α,β-unsaturated/α-hetero) is 1. The lowest BCUT2D eigenvalue weighted by Gasteiger charge is -2.20. The molecule has 2 aromatic rings. The van der Waals surface area contributed by atoms with Gasteiger partial charge in [0.25, 0.3) is 0 Å². The summed E-state index contributed by atoms with van der Waals surface area (Å²) >= 11 is 0. The number of aromatic nitrogens is 1. The smallest absolute Gasteiger partial charge is 0.242 e. The number of nitrogens with one attached hydrogen (secondary N) is 2. The molecule has 2 heterocycles. The molecule has 0 fully saturated rings. The van der Waals surface area contributed by atoms with Crippen molar-refractivity contribution in [1.82, 2.24) is 4.57 Å². The molecule has 2 N–H and O–H groups in total. The van der Waals surface area contributed by atoms with Gasteiger partial charge in [0.2, 0.25) is 5.78 Å². The normalized spacial score (nSPS) is 12.5. The maximum atomic E-state index is 14.2. The number of halogens is 1. The van der Waals surface area contributed by atoms with Gasteiger partial charge in [-0.05, 0) is 6.07 Å². The summed E-state index contributed by atoms with van der Waals surface area (Å²) in [7, 11) is 0. The highest BCUT2D eigenvalue weighted by atomic mass is 19.1. The number of carbonyl (C=O) groups is 2. The highest BCUT2D eigenvalue weighted by Gasteiger charge is 2.18. The van der Waals surface area contributed by atoms with Gasteiger partial charge in [0.15, 0.2) is 11.7 Å². The largest absolute Gasteiger partial charge is 0.358 e. The summed E-state index contributed by atoms with van der Waals surface area (Å²) in [4.78, 5) is 32.9. The number of aldehydes is 1. The Morgan fingerprint density at radius 3 is 2.59 bits per heavy atom. The Kier molecular flexibility index (Phi) is 3.30. The van der Waals surface area contributed by atoms with Gasteiger partial charge in [-0.25, -0.2) is 4.39 Å². The van der Waals surface area contributed by atoms with Crippen LogP contribution in [0, 0.1) is 5.82 Å². The maximum absolute atomic E-state index is 14.2. The topological polar surface area (TPSA) is 80.2 Å². The van der Waals surface area contributed by atoms with E-state index in [9.17, 15) is 18.8 Å². The molecule has 0 radical (unpaired) electrons. The first-order chi connectivity index (χ1) is 10.6. The second kappa shape index (κ2) is 5.28. The van der Waals surface area contributed by atoms with Crippen LogP contribution in [0.5, 0.6) is 0 Å². The van der Waals surface area contributed by atoms with Crippen molar-refractivity contribution in [3.63, 3.8) is 0 Å². The maximum Gasteiger partial charge on any atom is 0.242 e. The van der Waals surface area contributed by atoms with Gasteiger partial charge in [-0.15, -0.1) is 0 Å². The second-order valence-electron chi connectivity index (χ2n) is 4.60. The summed E-state index contributed by atoms with van der Waals surface area (Å²) in [6.07, 6.45) is 4.43. The van der Waals surface area contributed by atoms with Crippen LogP contribution in [0.1, 0.15) is 0 Å². The molecular formula is C15H10FN3O3. The summed E-state index contributed by atoms with van der Waals surface area (Å²) in [6.45, 7) is 0. The molecule has 110 valence electrons.